The molecule has 0 amide bonds. The number of aryl methyl sites for hydroxylation is 2. The normalized spacial score (nSPS) is 11.5. The molecular formula is C6H11B6F24N2-5. The van der Waals surface area contributed by atoms with Gasteiger partial charge in [0.1, 0.15) is 12.4 Å². The largest absolute Gasteiger partial charge is 0.673 e. The van der Waals surface area contributed by atoms with Gasteiger partial charge in [-0.2, -0.15) is 0 Å². The zero-order valence-corrected chi connectivity index (χ0v) is 17.9. The van der Waals surface area contributed by atoms with Crippen molar-refractivity contribution in [3.63, 3.8) is 0 Å². The Morgan fingerprint density at radius 2 is 0.605 bits per heavy atom. The fraction of sp³-hybridized carbons (Fsp3) is 0.500. The van der Waals surface area contributed by atoms with E-state index in [4.69, 9.17) is 0 Å². The molecule has 1 rings (SSSR count). The summed E-state index contributed by atoms with van der Waals surface area (Å²) in [6.07, 6.45) is 6.14. The number of hydrogen-bond donors (Lipinski definition) is 0. The summed E-state index contributed by atoms with van der Waals surface area (Å²) < 4.78 is 238. The van der Waals surface area contributed by atoms with Crippen molar-refractivity contribution in [2.75, 3.05) is 0 Å². The average Bonchev–Trinajstić information content (AvgIpc) is 2.82. The van der Waals surface area contributed by atoms with E-state index in [0.717, 1.165) is 6.54 Å². The summed E-state index contributed by atoms with van der Waals surface area (Å²) in [7, 11) is -34.0. The highest BCUT2D eigenvalue weighted by Gasteiger charge is 2.22. The molecule has 0 aliphatic heterocycles. The Kier molecular flexibility index (Phi) is 26.8. The average molecular weight is 632 g/mol. The van der Waals surface area contributed by atoms with Crippen molar-refractivity contribution < 1.29 is 108 Å². The van der Waals surface area contributed by atoms with Crippen LogP contribution in [-0.4, -0.2) is 48.1 Å². The molecule has 0 aliphatic rings. The lowest BCUT2D eigenvalue weighted by Gasteiger charge is -1.94. The molecule has 1 heterocycles. The second kappa shape index (κ2) is 20.8. The van der Waals surface area contributed by atoms with Gasteiger partial charge in [0.2, 0.25) is 6.33 Å². The minimum Gasteiger partial charge on any atom is -0.418 e. The number of hydrogen-bond acceptors (Lipinski definition) is 0. The van der Waals surface area contributed by atoms with E-state index in [1.165, 1.54) is 0 Å². The van der Waals surface area contributed by atoms with Crippen LogP contribution in [0.2, 0.25) is 0 Å². The topological polar surface area (TPSA) is 8.81 Å². The van der Waals surface area contributed by atoms with Gasteiger partial charge in [-0.15, -0.1) is 0 Å². The fourth-order valence-corrected chi connectivity index (χ4v) is 0.689. The van der Waals surface area contributed by atoms with Crippen LogP contribution < -0.4 is 4.57 Å². The lowest BCUT2D eigenvalue weighted by atomic mass is 10.3. The van der Waals surface area contributed by atoms with Crippen molar-refractivity contribution in [3.8, 4) is 0 Å². The Morgan fingerprint density at radius 3 is 0.658 bits per heavy atom. The number of aromatic nitrogens is 2. The van der Waals surface area contributed by atoms with Crippen LogP contribution in [0, 0.1) is 0 Å². The van der Waals surface area contributed by atoms with Gasteiger partial charge in [-0.05, 0) is 6.92 Å². The van der Waals surface area contributed by atoms with Gasteiger partial charge in [0.25, 0.3) is 0 Å². The first-order valence-corrected chi connectivity index (χ1v) is 8.07. The zero-order valence-electron chi connectivity index (χ0n) is 17.9. The van der Waals surface area contributed by atoms with Gasteiger partial charge in [0.15, 0.2) is 0 Å². The first-order chi connectivity index (χ1) is 15.8. The highest BCUT2D eigenvalue weighted by Crippen LogP contribution is 2.09. The van der Waals surface area contributed by atoms with Crippen LogP contribution >= 0.6 is 0 Å². The summed E-state index contributed by atoms with van der Waals surface area (Å²) in [4.78, 5) is 0. The van der Waals surface area contributed by atoms with E-state index in [1.807, 2.05) is 17.8 Å². The number of rotatable bonds is 1. The molecule has 0 aliphatic carbocycles. The van der Waals surface area contributed by atoms with E-state index in [1.54, 1.807) is 0 Å². The highest BCUT2D eigenvalue weighted by atomic mass is 19.5. The fourth-order valence-electron chi connectivity index (χ4n) is 0.689. The molecule has 236 valence electrons. The number of nitrogens with zero attached hydrogens (tertiary/aromatic N) is 2. The maximum Gasteiger partial charge on any atom is 0.673 e. The molecule has 0 spiro atoms. The van der Waals surface area contributed by atoms with Crippen molar-refractivity contribution in [1.82, 2.24) is 4.57 Å². The second-order valence-corrected chi connectivity index (χ2v) is 4.88. The SMILES string of the molecule is CCn1cc[n+](C)c1.F[B-](F)(F)F.F[B-](F)(F)F.F[B-](F)(F)F.F[B-](F)(F)F.F[B-](F)(F)F.F[B-](F)(F)F. The molecule has 0 N–H and O–H groups in total. The lowest BCUT2D eigenvalue weighted by molar-refractivity contribution is -0.671. The molecular weight excluding hydrogens is 621 g/mol. The van der Waals surface area contributed by atoms with Gasteiger partial charge in [-0.25, -0.2) is 9.13 Å². The monoisotopic (exact) mass is 633 g/mol. The Balaban J connectivity index is -0.0000000795. The molecule has 1 aromatic rings. The first-order valence-electron chi connectivity index (χ1n) is 8.07. The molecule has 0 atom stereocenters. The van der Waals surface area contributed by atoms with Crippen LogP contribution in [0.5, 0.6) is 0 Å². The van der Waals surface area contributed by atoms with E-state index in [-0.39, 0.29) is 0 Å². The van der Waals surface area contributed by atoms with Gasteiger partial charge in [-0.1, -0.05) is 0 Å². The highest BCUT2D eigenvalue weighted by molar-refractivity contribution is 6.51. The molecule has 32 heteroatoms. The third-order valence-corrected chi connectivity index (χ3v) is 1.19. The molecule has 0 aromatic carbocycles. The maximum atomic E-state index is 9.75. The molecule has 38 heavy (non-hydrogen) atoms. The van der Waals surface area contributed by atoms with E-state index in [9.17, 15) is 104 Å². The summed E-state index contributed by atoms with van der Waals surface area (Å²) >= 11 is 0. The van der Waals surface area contributed by atoms with Crippen LogP contribution in [0.25, 0.3) is 0 Å². The van der Waals surface area contributed by atoms with Crippen LogP contribution in [0.1, 0.15) is 6.92 Å². The summed E-state index contributed by atoms with van der Waals surface area (Å²) in [5.41, 5.74) is 0. The smallest absolute Gasteiger partial charge is 0.418 e. The molecule has 0 fully saturated rings. The minimum atomic E-state index is -6.00. The van der Waals surface area contributed by atoms with Crippen LogP contribution in [0.3, 0.4) is 0 Å². The Morgan fingerprint density at radius 1 is 0.447 bits per heavy atom. The zero-order chi connectivity index (χ0) is 33.0. The Bertz CT molecular complexity index is 508. The minimum absolute atomic E-state index is 1.06. The molecule has 2 nitrogen and oxygen atoms in total. The molecule has 0 unspecified atom stereocenters. The second-order valence-electron chi connectivity index (χ2n) is 4.88. The molecule has 0 radical (unpaired) electrons. The molecule has 0 bridgehead atoms. The quantitative estimate of drug-likeness (QED) is 0.168. The molecule has 0 saturated heterocycles. The maximum absolute atomic E-state index is 9.75. The lowest BCUT2D eigenvalue weighted by Crippen LogP contribution is -2.23. The molecule has 0 saturated carbocycles. The summed E-state index contributed by atoms with van der Waals surface area (Å²) in [6.45, 7) is 3.18. The van der Waals surface area contributed by atoms with Crippen LogP contribution in [0.4, 0.5) is 104 Å². The van der Waals surface area contributed by atoms with Crippen molar-refractivity contribution in [1.29, 1.82) is 0 Å². The Hall–Kier alpha value is -2.08. The van der Waals surface area contributed by atoms with Gasteiger partial charge in [-0.3, -0.25) is 0 Å². The van der Waals surface area contributed by atoms with E-state index in [0.29, 0.717) is 0 Å². The predicted molar refractivity (Wildman–Crippen MR) is 92.4 cm³/mol. The number of imidazole rings is 1. The predicted octanol–water partition coefficient (Wildman–Crippen LogP) is 8.13. The van der Waals surface area contributed by atoms with Gasteiger partial charge in [0, 0.05) is 0 Å². The van der Waals surface area contributed by atoms with Crippen molar-refractivity contribution >= 4 is 43.5 Å². The standard InChI is InChI=1S/C6H11N2.6BF4/c1-3-8-5-4-7(2)6-8;6*2-1(3,4)5/h4-6H,3H2,1-2H3;;;;;;/q+1;6*-1. The summed E-state index contributed by atoms with van der Waals surface area (Å²) in [5, 5.41) is 0. The summed E-state index contributed by atoms with van der Waals surface area (Å²) in [6, 6.07) is 0. The van der Waals surface area contributed by atoms with Crippen LogP contribution in [-0.2, 0) is 13.6 Å². The van der Waals surface area contributed by atoms with Gasteiger partial charge >= 0.3 is 43.5 Å². The van der Waals surface area contributed by atoms with E-state index in [2.05, 4.69) is 24.0 Å². The van der Waals surface area contributed by atoms with Crippen LogP contribution in [0.15, 0.2) is 18.7 Å². The first kappa shape index (κ1) is 48.9. The van der Waals surface area contributed by atoms with Gasteiger partial charge < -0.3 is 104 Å². The Labute approximate surface area is 197 Å². The third kappa shape index (κ3) is 462. The van der Waals surface area contributed by atoms with Gasteiger partial charge in [0.05, 0.1) is 13.6 Å². The number of halogens is 24. The molecule has 1 aromatic heterocycles. The summed E-state index contributed by atoms with van der Waals surface area (Å²) in [5.74, 6) is 0. The van der Waals surface area contributed by atoms with E-state index >= 15 is 0 Å². The van der Waals surface area contributed by atoms with Crippen molar-refractivity contribution in [2.45, 2.75) is 13.5 Å². The van der Waals surface area contributed by atoms with Crippen molar-refractivity contribution in [2.24, 2.45) is 7.05 Å². The van der Waals surface area contributed by atoms with E-state index < -0.39 is 43.5 Å². The third-order valence-electron chi connectivity index (χ3n) is 1.19. The van der Waals surface area contributed by atoms with Crippen molar-refractivity contribution in [3.05, 3.63) is 18.7 Å².